The zero-order valence-corrected chi connectivity index (χ0v) is 17.6. The molecule has 0 saturated carbocycles. The monoisotopic (exact) mass is 426 g/mol. The highest BCUT2D eigenvalue weighted by molar-refractivity contribution is 7.89. The maximum Gasteiger partial charge on any atom is 0.291 e. The Morgan fingerprint density at radius 1 is 1.13 bits per heavy atom. The van der Waals surface area contributed by atoms with Gasteiger partial charge in [-0.05, 0) is 44.9 Å². The highest BCUT2D eigenvalue weighted by Crippen LogP contribution is 2.27. The van der Waals surface area contributed by atoms with Crippen LogP contribution in [0.1, 0.15) is 35.0 Å². The molecule has 1 aromatic carbocycles. The smallest absolute Gasteiger partial charge is 0.291 e. The summed E-state index contributed by atoms with van der Waals surface area (Å²) in [5, 5.41) is 2.76. The van der Waals surface area contributed by atoms with Gasteiger partial charge in [0.15, 0.2) is 5.76 Å². The third-order valence-electron chi connectivity index (χ3n) is 4.97. The summed E-state index contributed by atoms with van der Waals surface area (Å²) in [7, 11) is -3.66. The molecule has 156 valence electrons. The molecule has 3 heterocycles. The molecule has 1 fully saturated rings. The standard InChI is InChI=1S/C21H22N4O4S/c1-14-20(30(27,28)25-10-3-4-11-25)13-19(29-14)21(26)24-17-7-5-6-16(12-17)18-8-9-22-15(2)23-18/h5-9,12-13H,3-4,10-11H2,1-2H3,(H,24,26). The largest absolute Gasteiger partial charge is 0.455 e. The number of hydrogen-bond donors (Lipinski definition) is 1. The second-order valence-electron chi connectivity index (χ2n) is 7.17. The highest BCUT2D eigenvalue weighted by atomic mass is 32.2. The zero-order valence-electron chi connectivity index (χ0n) is 16.8. The number of carbonyl (C=O) groups is 1. The van der Waals surface area contributed by atoms with Gasteiger partial charge in [-0.1, -0.05) is 12.1 Å². The van der Waals surface area contributed by atoms with Gasteiger partial charge in [0.05, 0.1) is 5.69 Å². The van der Waals surface area contributed by atoms with E-state index in [2.05, 4.69) is 15.3 Å². The van der Waals surface area contributed by atoms with Crippen molar-refractivity contribution in [1.82, 2.24) is 14.3 Å². The average Bonchev–Trinajstić information content (AvgIpc) is 3.39. The van der Waals surface area contributed by atoms with Crippen LogP contribution in [0.4, 0.5) is 5.69 Å². The van der Waals surface area contributed by atoms with Crippen LogP contribution in [0.15, 0.2) is 51.9 Å². The maximum absolute atomic E-state index is 12.8. The summed E-state index contributed by atoms with van der Waals surface area (Å²) in [6.07, 6.45) is 3.36. The number of carbonyl (C=O) groups excluding carboxylic acids is 1. The predicted molar refractivity (Wildman–Crippen MR) is 112 cm³/mol. The summed E-state index contributed by atoms with van der Waals surface area (Å²) in [6, 6.07) is 10.3. The molecule has 0 spiro atoms. The quantitative estimate of drug-likeness (QED) is 0.670. The van der Waals surface area contributed by atoms with Gasteiger partial charge in [-0.3, -0.25) is 4.79 Å². The van der Waals surface area contributed by atoms with E-state index in [4.69, 9.17) is 4.42 Å². The molecule has 0 aliphatic carbocycles. The van der Waals surface area contributed by atoms with Crippen LogP contribution in [-0.2, 0) is 10.0 Å². The number of hydrogen-bond acceptors (Lipinski definition) is 6. The maximum atomic E-state index is 12.8. The van der Waals surface area contributed by atoms with Gasteiger partial charge in [0.1, 0.15) is 16.5 Å². The summed E-state index contributed by atoms with van der Waals surface area (Å²) in [4.78, 5) is 21.2. The van der Waals surface area contributed by atoms with E-state index in [1.807, 2.05) is 13.0 Å². The van der Waals surface area contributed by atoms with Crippen molar-refractivity contribution in [3.05, 3.63) is 59.9 Å². The van der Waals surface area contributed by atoms with E-state index >= 15 is 0 Å². The van der Waals surface area contributed by atoms with E-state index < -0.39 is 15.9 Å². The number of aromatic nitrogens is 2. The lowest BCUT2D eigenvalue weighted by Crippen LogP contribution is -2.28. The molecule has 30 heavy (non-hydrogen) atoms. The van der Waals surface area contributed by atoms with Gasteiger partial charge >= 0.3 is 0 Å². The van der Waals surface area contributed by atoms with Gasteiger partial charge < -0.3 is 9.73 Å². The molecule has 0 radical (unpaired) electrons. The minimum atomic E-state index is -3.66. The van der Waals surface area contributed by atoms with E-state index in [-0.39, 0.29) is 16.4 Å². The predicted octanol–water partition coefficient (Wildman–Crippen LogP) is 3.39. The Hall–Kier alpha value is -3.04. The summed E-state index contributed by atoms with van der Waals surface area (Å²) in [6.45, 7) is 4.34. The van der Waals surface area contributed by atoms with E-state index in [0.29, 0.717) is 24.6 Å². The molecule has 0 bridgehead atoms. The second-order valence-corrected chi connectivity index (χ2v) is 9.07. The molecule has 1 aliphatic heterocycles. The van der Waals surface area contributed by atoms with E-state index in [1.165, 1.54) is 10.4 Å². The van der Waals surface area contributed by atoms with Crippen molar-refractivity contribution in [2.45, 2.75) is 31.6 Å². The normalized spacial score (nSPS) is 14.7. The van der Waals surface area contributed by atoms with Crippen LogP contribution < -0.4 is 5.32 Å². The van der Waals surface area contributed by atoms with Crippen LogP contribution >= 0.6 is 0 Å². The Kier molecular flexibility index (Phi) is 5.40. The topological polar surface area (TPSA) is 105 Å². The van der Waals surface area contributed by atoms with Gasteiger partial charge in [-0.2, -0.15) is 4.31 Å². The number of sulfonamides is 1. The Morgan fingerprint density at radius 2 is 1.90 bits per heavy atom. The molecule has 2 aromatic heterocycles. The van der Waals surface area contributed by atoms with Gasteiger partial charge in [-0.25, -0.2) is 18.4 Å². The first-order valence-electron chi connectivity index (χ1n) is 9.66. The number of anilines is 1. The number of benzene rings is 1. The molecular formula is C21H22N4O4S. The number of nitrogens with one attached hydrogen (secondary N) is 1. The van der Waals surface area contributed by atoms with Crippen molar-refractivity contribution in [1.29, 1.82) is 0 Å². The van der Waals surface area contributed by atoms with Crippen LogP contribution in [0, 0.1) is 13.8 Å². The van der Waals surface area contributed by atoms with Crippen LogP contribution in [0.3, 0.4) is 0 Å². The third kappa shape index (κ3) is 3.99. The van der Waals surface area contributed by atoms with Crippen molar-refractivity contribution in [2.75, 3.05) is 18.4 Å². The SMILES string of the molecule is Cc1nccc(-c2cccc(NC(=O)c3cc(S(=O)(=O)N4CCCC4)c(C)o3)c2)n1. The first-order valence-corrected chi connectivity index (χ1v) is 11.1. The average molecular weight is 426 g/mol. The number of amides is 1. The number of furan rings is 1. The Bertz CT molecular complexity index is 1200. The molecule has 1 saturated heterocycles. The highest BCUT2D eigenvalue weighted by Gasteiger charge is 2.31. The summed E-state index contributed by atoms with van der Waals surface area (Å²) < 4.78 is 32.5. The van der Waals surface area contributed by atoms with Gasteiger partial charge in [-0.15, -0.1) is 0 Å². The van der Waals surface area contributed by atoms with Crippen LogP contribution in [0.5, 0.6) is 0 Å². The molecule has 1 aliphatic rings. The van der Waals surface area contributed by atoms with E-state index in [0.717, 1.165) is 24.1 Å². The molecule has 0 unspecified atom stereocenters. The number of rotatable bonds is 5. The fraction of sp³-hybridized carbons (Fsp3) is 0.286. The fourth-order valence-electron chi connectivity index (χ4n) is 3.47. The van der Waals surface area contributed by atoms with Gasteiger partial charge in [0, 0.05) is 36.6 Å². The van der Waals surface area contributed by atoms with Gasteiger partial charge in [0.25, 0.3) is 5.91 Å². The molecule has 1 amide bonds. The van der Waals surface area contributed by atoms with Crippen molar-refractivity contribution in [3.8, 4) is 11.3 Å². The van der Waals surface area contributed by atoms with Crippen molar-refractivity contribution < 1.29 is 17.6 Å². The van der Waals surface area contributed by atoms with Crippen LogP contribution in [0.2, 0.25) is 0 Å². The molecule has 3 aromatic rings. The molecule has 8 nitrogen and oxygen atoms in total. The summed E-state index contributed by atoms with van der Waals surface area (Å²) >= 11 is 0. The molecule has 4 rings (SSSR count). The lowest BCUT2D eigenvalue weighted by atomic mass is 10.1. The van der Waals surface area contributed by atoms with E-state index in [9.17, 15) is 13.2 Å². The first-order chi connectivity index (χ1) is 14.3. The van der Waals surface area contributed by atoms with E-state index in [1.54, 1.807) is 37.4 Å². The minimum absolute atomic E-state index is 0.0414. The second kappa shape index (κ2) is 8.00. The number of nitrogens with zero attached hydrogens (tertiary/aromatic N) is 3. The van der Waals surface area contributed by atoms with Crippen LogP contribution in [-0.4, -0.2) is 41.7 Å². The van der Waals surface area contributed by atoms with Crippen LogP contribution in [0.25, 0.3) is 11.3 Å². The lowest BCUT2D eigenvalue weighted by molar-refractivity contribution is 0.0995. The zero-order chi connectivity index (χ0) is 21.3. The number of aryl methyl sites for hydroxylation is 2. The fourth-order valence-corrected chi connectivity index (χ4v) is 5.14. The van der Waals surface area contributed by atoms with Crippen molar-refractivity contribution in [3.63, 3.8) is 0 Å². The Balaban J connectivity index is 1.56. The van der Waals surface area contributed by atoms with Gasteiger partial charge in [0.2, 0.25) is 10.0 Å². The first kappa shape index (κ1) is 20.2. The van der Waals surface area contributed by atoms with Crippen molar-refractivity contribution in [2.24, 2.45) is 0 Å². The lowest BCUT2D eigenvalue weighted by Gasteiger charge is -2.14. The molecular weight excluding hydrogens is 404 g/mol. The summed E-state index contributed by atoms with van der Waals surface area (Å²) in [5.74, 6) is 0.294. The molecule has 9 heteroatoms. The van der Waals surface area contributed by atoms with Crippen molar-refractivity contribution >= 4 is 21.6 Å². The third-order valence-corrected chi connectivity index (χ3v) is 6.98. The minimum Gasteiger partial charge on any atom is -0.455 e. The Morgan fingerprint density at radius 3 is 2.63 bits per heavy atom. The molecule has 1 N–H and O–H groups in total. The summed E-state index contributed by atoms with van der Waals surface area (Å²) in [5.41, 5.74) is 2.12. The molecule has 0 atom stereocenters. The Labute approximate surface area is 175 Å².